The molecular weight excluding hydrogens is 663 g/mol. The standard InChI is InChI=1S/C54H41N/c1-53(2)48-19-10-8-16-44(48)46-32-39(29-31-49(46)53)55(40-28-30-45-43-15-7-9-18-47(43)54(3,4)50(45)33-40)38-26-24-35(25-27-38)42-17-11-13-36-22-23-37-21-20-34-12-5-6-14-41(34)52(37)51(36)42/h5-33H,1-4H3. The molecule has 2 aliphatic rings. The van der Waals surface area contributed by atoms with E-state index < -0.39 is 0 Å². The molecule has 9 aromatic carbocycles. The van der Waals surface area contributed by atoms with Crippen molar-refractivity contribution in [1.82, 2.24) is 0 Å². The number of hydrogen-bond acceptors (Lipinski definition) is 1. The average Bonchev–Trinajstić information content (AvgIpc) is 3.59. The molecule has 0 atom stereocenters. The molecule has 0 aliphatic heterocycles. The molecule has 0 N–H and O–H groups in total. The maximum Gasteiger partial charge on any atom is 0.0468 e. The highest BCUT2D eigenvalue weighted by Gasteiger charge is 2.37. The Kier molecular flexibility index (Phi) is 6.72. The molecule has 0 bridgehead atoms. The smallest absolute Gasteiger partial charge is 0.0468 e. The predicted octanol–water partition coefficient (Wildman–Crippen LogP) is 14.9. The minimum absolute atomic E-state index is 0.0474. The second kappa shape index (κ2) is 11.5. The van der Waals surface area contributed by atoms with Crippen LogP contribution in [0.3, 0.4) is 0 Å². The lowest BCUT2D eigenvalue weighted by Crippen LogP contribution is -2.17. The van der Waals surface area contributed by atoms with Gasteiger partial charge in [0.2, 0.25) is 0 Å². The van der Waals surface area contributed by atoms with Gasteiger partial charge in [0.1, 0.15) is 0 Å². The van der Waals surface area contributed by atoms with Crippen LogP contribution < -0.4 is 4.90 Å². The minimum atomic E-state index is -0.0975. The molecule has 0 radical (unpaired) electrons. The molecule has 0 aromatic heterocycles. The minimum Gasteiger partial charge on any atom is -0.310 e. The van der Waals surface area contributed by atoms with E-state index in [4.69, 9.17) is 0 Å². The molecule has 0 saturated heterocycles. The van der Waals surface area contributed by atoms with Crippen molar-refractivity contribution in [3.63, 3.8) is 0 Å². The van der Waals surface area contributed by atoms with Crippen molar-refractivity contribution >= 4 is 49.4 Å². The Balaban J connectivity index is 1.10. The van der Waals surface area contributed by atoms with Gasteiger partial charge in [0, 0.05) is 27.9 Å². The van der Waals surface area contributed by atoms with Gasteiger partial charge in [-0.25, -0.2) is 0 Å². The number of fused-ring (bicyclic) bond motifs is 11. The summed E-state index contributed by atoms with van der Waals surface area (Å²) in [5.41, 5.74) is 16.7. The van der Waals surface area contributed by atoms with Gasteiger partial charge in [0.05, 0.1) is 0 Å². The lowest BCUT2D eigenvalue weighted by molar-refractivity contribution is 0.660. The SMILES string of the molecule is CC1(C)c2ccccc2-c2cc(N(c3ccc(-c4cccc5ccc6ccc7ccccc7c6c45)cc3)c3ccc4c(c3)C(C)(C)c3ccccc3-4)ccc21. The number of hydrogen-bond donors (Lipinski definition) is 0. The Morgan fingerprint density at radius 2 is 0.836 bits per heavy atom. The van der Waals surface area contributed by atoms with Crippen molar-refractivity contribution < 1.29 is 0 Å². The van der Waals surface area contributed by atoms with Gasteiger partial charge in [-0.2, -0.15) is 0 Å². The summed E-state index contributed by atoms with van der Waals surface area (Å²) in [6, 6.07) is 65.9. The summed E-state index contributed by atoms with van der Waals surface area (Å²) in [6.07, 6.45) is 0. The van der Waals surface area contributed by atoms with Gasteiger partial charge in [-0.05, 0) is 124 Å². The molecule has 262 valence electrons. The van der Waals surface area contributed by atoms with Crippen molar-refractivity contribution in [3.05, 3.63) is 198 Å². The Morgan fingerprint density at radius 3 is 1.60 bits per heavy atom. The summed E-state index contributed by atoms with van der Waals surface area (Å²) in [5, 5.41) is 7.72. The van der Waals surface area contributed by atoms with Crippen LogP contribution in [0.2, 0.25) is 0 Å². The molecular formula is C54H41N. The second-order valence-electron chi connectivity index (χ2n) is 16.5. The number of rotatable bonds is 4. The van der Waals surface area contributed by atoms with Crippen molar-refractivity contribution in [1.29, 1.82) is 0 Å². The van der Waals surface area contributed by atoms with E-state index in [1.54, 1.807) is 0 Å². The third-order valence-corrected chi connectivity index (χ3v) is 12.8. The maximum atomic E-state index is 2.46. The van der Waals surface area contributed by atoms with E-state index in [1.807, 2.05) is 0 Å². The summed E-state index contributed by atoms with van der Waals surface area (Å²) in [4.78, 5) is 2.46. The van der Waals surface area contributed by atoms with Gasteiger partial charge in [0.25, 0.3) is 0 Å². The fraction of sp³-hybridized carbons (Fsp3) is 0.111. The maximum absolute atomic E-state index is 2.46. The lowest BCUT2D eigenvalue weighted by Gasteiger charge is -2.29. The third-order valence-electron chi connectivity index (χ3n) is 12.8. The van der Waals surface area contributed by atoms with Crippen LogP contribution in [0.4, 0.5) is 17.1 Å². The Bertz CT molecular complexity index is 3030. The van der Waals surface area contributed by atoms with Crippen LogP contribution in [-0.2, 0) is 10.8 Å². The van der Waals surface area contributed by atoms with E-state index in [-0.39, 0.29) is 10.8 Å². The van der Waals surface area contributed by atoms with Crippen molar-refractivity contribution in [2.75, 3.05) is 4.90 Å². The highest BCUT2D eigenvalue weighted by molar-refractivity contribution is 6.24. The monoisotopic (exact) mass is 703 g/mol. The zero-order valence-corrected chi connectivity index (χ0v) is 31.7. The highest BCUT2D eigenvalue weighted by atomic mass is 15.1. The van der Waals surface area contributed by atoms with Gasteiger partial charge in [-0.3, -0.25) is 0 Å². The zero-order chi connectivity index (χ0) is 37.1. The Labute approximate surface area is 323 Å². The predicted molar refractivity (Wildman–Crippen MR) is 234 cm³/mol. The van der Waals surface area contributed by atoms with Crippen LogP contribution in [0.15, 0.2) is 176 Å². The van der Waals surface area contributed by atoms with Crippen molar-refractivity contribution in [3.8, 4) is 33.4 Å². The van der Waals surface area contributed by atoms with Crippen molar-refractivity contribution in [2.24, 2.45) is 0 Å². The highest BCUT2D eigenvalue weighted by Crippen LogP contribution is 2.53. The fourth-order valence-electron chi connectivity index (χ4n) is 10.0. The van der Waals surface area contributed by atoms with Crippen LogP contribution in [0.1, 0.15) is 49.9 Å². The van der Waals surface area contributed by atoms with Crippen LogP contribution >= 0.6 is 0 Å². The molecule has 0 fully saturated rings. The number of benzene rings is 9. The lowest BCUT2D eigenvalue weighted by atomic mass is 9.82. The molecule has 0 unspecified atom stereocenters. The molecule has 1 nitrogen and oxygen atoms in total. The van der Waals surface area contributed by atoms with Crippen LogP contribution in [0.5, 0.6) is 0 Å². The van der Waals surface area contributed by atoms with Gasteiger partial charge in [-0.15, -0.1) is 0 Å². The van der Waals surface area contributed by atoms with Gasteiger partial charge >= 0.3 is 0 Å². The van der Waals surface area contributed by atoms with Crippen LogP contribution in [0, 0.1) is 0 Å². The van der Waals surface area contributed by atoms with E-state index in [0.29, 0.717) is 0 Å². The average molecular weight is 704 g/mol. The summed E-state index contributed by atoms with van der Waals surface area (Å²) in [6.45, 7) is 9.44. The van der Waals surface area contributed by atoms with Gasteiger partial charge < -0.3 is 4.90 Å². The van der Waals surface area contributed by atoms with E-state index in [9.17, 15) is 0 Å². The van der Waals surface area contributed by atoms with Gasteiger partial charge in [0.15, 0.2) is 0 Å². The molecule has 0 heterocycles. The second-order valence-corrected chi connectivity index (χ2v) is 16.5. The zero-order valence-electron chi connectivity index (χ0n) is 31.7. The molecule has 2 aliphatic carbocycles. The Hall–Kier alpha value is -6.44. The number of nitrogens with zero attached hydrogens (tertiary/aromatic N) is 1. The van der Waals surface area contributed by atoms with Gasteiger partial charge in [-0.1, -0.05) is 167 Å². The fourth-order valence-corrected chi connectivity index (χ4v) is 10.0. The first-order chi connectivity index (χ1) is 26.8. The molecule has 0 spiro atoms. The quantitative estimate of drug-likeness (QED) is 0.165. The first-order valence-corrected chi connectivity index (χ1v) is 19.5. The molecule has 0 saturated carbocycles. The molecule has 1 heteroatoms. The first kappa shape index (κ1) is 32.0. The summed E-state index contributed by atoms with van der Waals surface area (Å²) < 4.78 is 0. The normalized spacial score (nSPS) is 14.5. The topological polar surface area (TPSA) is 3.24 Å². The summed E-state index contributed by atoms with van der Waals surface area (Å²) >= 11 is 0. The van der Waals surface area contributed by atoms with Crippen LogP contribution in [-0.4, -0.2) is 0 Å². The van der Waals surface area contributed by atoms with E-state index in [0.717, 1.165) is 11.4 Å². The van der Waals surface area contributed by atoms with E-state index in [1.165, 1.54) is 93.6 Å². The molecule has 11 rings (SSSR count). The summed E-state index contributed by atoms with van der Waals surface area (Å²) in [7, 11) is 0. The summed E-state index contributed by atoms with van der Waals surface area (Å²) in [5.74, 6) is 0. The largest absolute Gasteiger partial charge is 0.310 e. The van der Waals surface area contributed by atoms with E-state index >= 15 is 0 Å². The molecule has 0 amide bonds. The van der Waals surface area contributed by atoms with Crippen LogP contribution in [0.25, 0.3) is 65.7 Å². The molecule has 9 aromatic rings. The van der Waals surface area contributed by atoms with E-state index in [2.05, 4.69) is 209 Å². The first-order valence-electron chi connectivity index (χ1n) is 19.5. The van der Waals surface area contributed by atoms with Crippen molar-refractivity contribution in [2.45, 2.75) is 38.5 Å². The third kappa shape index (κ3) is 4.60. The molecule has 55 heavy (non-hydrogen) atoms. The number of anilines is 3. The Morgan fingerprint density at radius 1 is 0.327 bits per heavy atom.